The molecule has 2 aromatic carbocycles. The Morgan fingerprint density at radius 2 is 1.85 bits per heavy atom. The molecule has 1 heterocycles. The maximum absolute atomic E-state index is 12.8. The van der Waals surface area contributed by atoms with Gasteiger partial charge in [-0.1, -0.05) is 24.3 Å². The maximum atomic E-state index is 12.8. The largest absolute Gasteiger partial charge is 0.462 e. The molecule has 0 atom stereocenters. The minimum absolute atomic E-state index is 0.0608. The van der Waals surface area contributed by atoms with Crippen LogP contribution < -0.4 is 11.2 Å². The van der Waals surface area contributed by atoms with E-state index in [-0.39, 0.29) is 24.5 Å². The van der Waals surface area contributed by atoms with Crippen LogP contribution in [-0.4, -0.2) is 22.1 Å². The van der Waals surface area contributed by atoms with Gasteiger partial charge in [0.05, 0.1) is 17.5 Å². The average Bonchev–Trinajstić information content (AvgIpc) is 2.67. The van der Waals surface area contributed by atoms with E-state index in [0.717, 1.165) is 4.57 Å². The molecule has 0 bridgehead atoms. The summed E-state index contributed by atoms with van der Waals surface area (Å²) >= 11 is 0. The highest BCUT2D eigenvalue weighted by molar-refractivity contribution is 5.87. The van der Waals surface area contributed by atoms with Gasteiger partial charge in [-0.3, -0.25) is 9.36 Å². The third-order valence-electron chi connectivity index (χ3n) is 3.94. The average molecular weight is 368 g/mol. The lowest BCUT2D eigenvalue weighted by molar-refractivity contribution is -0.137. The third-order valence-corrected chi connectivity index (χ3v) is 3.94. The molecule has 6 nitrogen and oxygen atoms in total. The van der Waals surface area contributed by atoms with Crippen molar-refractivity contribution >= 4 is 22.9 Å². The van der Waals surface area contributed by atoms with E-state index in [2.05, 4.69) is 4.98 Å². The van der Waals surface area contributed by atoms with E-state index in [9.17, 15) is 18.8 Å². The van der Waals surface area contributed by atoms with Crippen molar-refractivity contribution in [3.63, 3.8) is 0 Å². The molecule has 138 valence electrons. The number of aromatic nitrogens is 2. The Kier molecular flexibility index (Phi) is 5.61. The number of H-pyrrole nitrogens is 1. The summed E-state index contributed by atoms with van der Waals surface area (Å²) in [5, 5.41) is 0.427. The lowest BCUT2D eigenvalue weighted by atomic mass is 10.2. The molecule has 0 aliphatic rings. The van der Waals surface area contributed by atoms with Crippen LogP contribution in [0.3, 0.4) is 0 Å². The van der Waals surface area contributed by atoms with Gasteiger partial charge in [0.15, 0.2) is 0 Å². The standard InChI is InChI=1S/C20H17FN2O4/c21-15-9-6-14(7-10-15)8-11-18(24)27-13-3-12-23-19(25)16-4-1-2-5-17(16)22-20(23)26/h1-2,4-11H,3,12-13H2,(H,22,26)/b11-8+. The molecule has 0 saturated carbocycles. The number of hydrogen-bond acceptors (Lipinski definition) is 4. The van der Waals surface area contributed by atoms with Gasteiger partial charge in [-0.15, -0.1) is 0 Å². The van der Waals surface area contributed by atoms with Crippen molar-refractivity contribution in [3.05, 3.63) is 86.8 Å². The molecular formula is C20H17FN2O4. The van der Waals surface area contributed by atoms with E-state index in [0.29, 0.717) is 22.9 Å². The smallest absolute Gasteiger partial charge is 0.330 e. The number of rotatable bonds is 6. The Bertz CT molecular complexity index is 1100. The Labute approximate surface area is 153 Å². The molecule has 0 spiro atoms. The summed E-state index contributed by atoms with van der Waals surface area (Å²) < 4.78 is 18.9. The molecule has 0 fully saturated rings. The SMILES string of the molecule is O=C(/C=C/c1ccc(F)cc1)OCCCn1c(=O)[nH]c2ccccc2c1=O. The van der Waals surface area contributed by atoms with E-state index in [1.807, 2.05) is 0 Å². The number of aromatic amines is 1. The highest BCUT2D eigenvalue weighted by Gasteiger charge is 2.07. The maximum Gasteiger partial charge on any atom is 0.330 e. The first-order valence-electron chi connectivity index (χ1n) is 8.37. The fourth-order valence-corrected chi connectivity index (χ4v) is 2.58. The Hall–Kier alpha value is -3.48. The second kappa shape index (κ2) is 8.27. The molecule has 27 heavy (non-hydrogen) atoms. The van der Waals surface area contributed by atoms with Crippen LogP contribution in [0.2, 0.25) is 0 Å². The minimum Gasteiger partial charge on any atom is -0.462 e. The van der Waals surface area contributed by atoms with Crippen molar-refractivity contribution in [1.82, 2.24) is 9.55 Å². The summed E-state index contributed by atoms with van der Waals surface area (Å²) in [6.07, 6.45) is 3.07. The first-order valence-corrected chi connectivity index (χ1v) is 8.37. The second-order valence-corrected chi connectivity index (χ2v) is 5.84. The van der Waals surface area contributed by atoms with Crippen LogP contribution in [0.15, 0.2) is 64.2 Å². The topological polar surface area (TPSA) is 81.2 Å². The molecule has 0 unspecified atom stereocenters. The van der Waals surface area contributed by atoms with Gasteiger partial charge in [0, 0.05) is 12.6 Å². The first-order chi connectivity index (χ1) is 13.0. The molecule has 0 saturated heterocycles. The number of fused-ring (bicyclic) bond motifs is 1. The quantitative estimate of drug-likeness (QED) is 0.412. The van der Waals surface area contributed by atoms with Crippen molar-refractivity contribution < 1.29 is 13.9 Å². The van der Waals surface area contributed by atoms with Crippen LogP contribution in [0, 0.1) is 5.82 Å². The normalized spacial score (nSPS) is 11.1. The van der Waals surface area contributed by atoms with Crippen LogP contribution in [0.25, 0.3) is 17.0 Å². The van der Waals surface area contributed by atoms with Crippen molar-refractivity contribution in [2.45, 2.75) is 13.0 Å². The molecule has 3 aromatic rings. The summed E-state index contributed by atoms with van der Waals surface area (Å²) in [5.41, 5.74) is 0.279. The highest BCUT2D eigenvalue weighted by Crippen LogP contribution is 2.05. The van der Waals surface area contributed by atoms with Gasteiger partial charge >= 0.3 is 11.7 Å². The zero-order valence-corrected chi connectivity index (χ0v) is 14.4. The van der Waals surface area contributed by atoms with Crippen LogP contribution >= 0.6 is 0 Å². The minimum atomic E-state index is -0.556. The summed E-state index contributed by atoms with van der Waals surface area (Å²) in [5.74, 6) is -0.910. The van der Waals surface area contributed by atoms with Gasteiger partial charge in [0.1, 0.15) is 5.82 Å². The van der Waals surface area contributed by atoms with Crippen LogP contribution in [-0.2, 0) is 16.1 Å². The van der Waals surface area contributed by atoms with Crippen LogP contribution in [0.5, 0.6) is 0 Å². The van der Waals surface area contributed by atoms with E-state index in [1.54, 1.807) is 24.3 Å². The van der Waals surface area contributed by atoms with E-state index in [4.69, 9.17) is 4.74 Å². The van der Waals surface area contributed by atoms with Crippen molar-refractivity contribution in [2.75, 3.05) is 6.61 Å². The number of carbonyl (C=O) groups is 1. The molecule has 0 aliphatic carbocycles. The number of esters is 1. The lowest BCUT2D eigenvalue weighted by Gasteiger charge is -2.06. The summed E-state index contributed by atoms with van der Waals surface area (Å²) in [7, 11) is 0. The number of hydrogen-bond donors (Lipinski definition) is 1. The van der Waals surface area contributed by atoms with Crippen LogP contribution in [0.4, 0.5) is 4.39 Å². The predicted molar refractivity (Wildman–Crippen MR) is 99.8 cm³/mol. The summed E-state index contributed by atoms with van der Waals surface area (Å²) in [6, 6.07) is 12.4. The number of para-hydroxylation sites is 1. The molecule has 0 radical (unpaired) electrons. The number of nitrogens with one attached hydrogen (secondary N) is 1. The number of ether oxygens (including phenoxy) is 1. The molecule has 0 aliphatic heterocycles. The van der Waals surface area contributed by atoms with Gasteiger partial charge in [0.2, 0.25) is 0 Å². The third kappa shape index (κ3) is 4.58. The monoisotopic (exact) mass is 368 g/mol. The van der Waals surface area contributed by atoms with Gasteiger partial charge in [-0.05, 0) is 42.3 Å². The summed E-state index contributed by atoms with van der Waals surface area (Å²) in [4.78, 5) is 38.7. The van der Waals surface area contributed by atoms with Gasteiger partial charge in [-0.25, -0.2) is 14.0 Å². The number of halogens is 1. The molecule has 7 heteroatoms. The fourth-order valence-electron chi connectivity index (χ4n) is 2.58. The second-order valence-electron chi connectivity index (χ2n) is 5.84. The zero-order valence-electron chi connectivity index (χ0n) is 14.4. The van der Waals surface area contributed by atoms with Crippen LogP contribution in [0.1, 0.15) is 12.0 Å². The summed E-state index contributed by atoms with van der Waals surface area (Å²) in [6.45, 7) is 0.194. The predicted octanol–water partition coefficient (Wildman–Crippen LogP) is 2.48. The van der Waals surface area contributed by atoms with Gasteiger partial charge in [0.25, 0.3) is 5.56 Å². The Morgan fingerprint density at radius 1 is 1.11 bits per heavy atom. The number of benzene rings is 2. The van der Waals surface area contributed by atoms with Gasteiger partial charge in [-0.2, -0.15) is 0 Å². The highest BCUT2D eigenvalue weighted by atomic mass is 19.1. The van der Waals surface area contributed by atoms with Crippen molar-refractivity contribution in [3.8, 4) is 0 Å². The molecule has 1 aromatic heterocycles. The number of carbonyl (C=O) groups excluding carboxylic acids is 1. The first kappa shape index (κ1) is 18.3. The van der Waals surface area contributed by atoms with Crippen molar-refractivity contribution in [2.24, 2.45) is 0 Å². The molecular weight excluding hydrogens is 351 g/mol. The van der Waals surface area contributed by atoms with E-state index in [1.165, 1.54) is 36.4 Å². The Balaban J connectivity index is 1.55. The fraction of sp³-hybridized carbons (Fsp3) is 0.150. The molecule has 0 amide bonds. The zero-order chi connectivity index (χ0) is 19.2. The number of nitrogens with zero attached hydrogens (tertiary/aromatic N) is 1. The van der Waals surface area contributed by atoms with E-state index < -0.39 is 11.7 Å². The van der Waals surface area contributed by atoms with E-state index >= 15 is 0 Å². The van der Waals surface area contributed by atoms with Gasteiger partial charge < -0.3 is 9.72 Å². The Morgan fingerprint density at radius 3 is 2.63 bits per heavy atom. The van der Waals surface area contributed by atoms with Crippen molar-refractivity contribution in [1.29, 1.82) is 0 Å². The molecule has 3 rings (SSSR count). The lowest BCUT2D eigenvalue weighted by Crippen LogP contribution is -2.35. The molecule has 1 N–H and O–H groups in total.